The van der Waals surface area contributed by atoms with E-state index in [2.05, 4.69) is 107 Å². The summed E-state index contributed by atoms with van der Waals surface area (Å²) in [5, 5.41) is 23.8. The van der Waals surface area contributed by atoms with Crippen LogP contribution >= 0.6 is 0 Å². The van der Waals surface area contributed by atoms with Crippen molar-refractivity contribution < 1.29 is 10.2 Å². The molecule has 4 N–H and O–H groups in total. The van der Waals surface area contributed by atoms with E-state index in [0.29, 0.717) is 5.69 Å². The Labute approximate surface area is 231 Å². The lowest BCUT2D eigenvalue weighted by atomic mass is 9.72. The molecular formula is C35H49NO2. The second-order valence-electron chi connectivity index (χ2n) is 15.0. The fraction of sp³-hybridized carbons (Fsp3) is 0.486. The molecule has 0 fully saturated rings. The molecule has 3 heteroatoms. The standard InChI is InChI=1S/C35H49NO2/c1-32(2,3)22-17-25(30(37)27(19-22)34(7,8)9)29(21-14-13-15-24(36)16-21)26-18-23(33(4,5)6)20-28(31(26)38)35(10,11)12/h13-20,29,37-38H,36H2,1-12H3. The van der Waals surface area contributed by atoms with Crippen LogP contribution in [0.1, 0.15) is 128 Å². The van der Waals surface area contributed by atoms with Gasteiger partial charge in [0.2, 0.25) is 0 Å². The SMILES string of the molecule is CC(C)(C)c1cc(C(c2cccc(N)c2)c2cc(C(C)(C)C)cc(C(C)(C)C)c2O)c(O)c(C(C)(C)C)c1. The molecular weight excluding hydrogens is 466 g/mol. The van der Waals surface area contributed by atoms with Crippen molar-refractivity contribution in [2.24, 2.45) is 0 Å². The van der Waals surface area contributed by atoms with E-state index in [4.69, 9.17) is 5.73 Å². The minimum absolute atomic E-state index is 0.130. The Morgan fingerprint density at radius 1 is 0.553 bits per heavy atom. The Balaban J connectivity index is 2.56. The van der Waals surface area contributed by atoms with E-state index in [1.54, 1.807) is 0 Å². The molecule has 0 aliphatic rings. The highest BCUT2D eigenvalue weighted by Crippen LogP contribution is 2.49. The summed E-state index contributed by atoms with van der Waals surface area (Å²) in [5.74, 6) is 0.136. The zero-order valence-electron chi connectivity index (χ0n) is 25.7. The number of hydrogen-bond donors (Lipinski definition) is 3. The van der Waals surface area contributed by atoms with Crippen molar-refractivity contribution in [3.05, 3.63) is 87.5 Å². The number of rotatable bonds is 3. The van der Waals surface area contributed by atoms with Crippen molar-refractivity contribution in [3.8, 4) is 11.5 Å². The minimum atomic E-state index is -0.412. The summed E-state index contributed by atoms with van der Waals surface area (Å²) in [6.45, 7) is 25.9. The molecule has 0 aromatic heterocycles. The van der Waals surface area contributed by atoms with Gasteiger partial charge in [-0.05, 0) is 61.6 Å². The van der Waals surface area contributed by atoms with Gasteiger partial charge < -0.3 is 15.9 Å². The van der Waals surface area contributed by atoms with Gasteiger partial charge in [0.15, 0.2) is 0 Å². The Morgan fingerprint density at radius 3 is 1.26 bits per heavy atom. The van der Waals surface area contributed by atoms with Crippen LogP contribution in [0.3, 0.4) is 0 Å². The summed E-state index contributed by atoms with van der Waals surface area (Å²) in [6, 6.07) is 16.4. The maximum absolute atomic E-state index is 11.9. The van der Waals surface area contributed by atoms with Crippen molar-refractivity contribution in [2.75, 3.05) is 5.73 Å². The van der Waals surface area contributed by atoms with Gasteiger partial charge in [0.1, 0.15) is 11.5 Å². The minimum Gasteiger partial charge on any atom is -0.507 e. The molecule has 0 aliphatic heterocycles. The van der Waals surface area contributed by atoms with Gasteiger partial charge in [0, 0.05) is 22.7 Å². The van der Waals surface area contributed by atoms with Crippen LogP contribution in [0.25, 0.3) is 0 Å². The van der Waals surface area contributed by atoms with E-state index in [0.717, 1.165) is 38.9 Å². The van der Waals surface area contributed by atoms with Gasteiger partial charge in [-0.2, -0.15) is 0 Å². The first kappa shape index (κ1) is 29.6. The molecule has 38 heavy (non-hydrogen) atoms. The third kappa shape index (κ3) is 6.03. The van der Waals surface area contributed by atoms with E-state index < -0.39 is 5.92 Å². The molecule has 3 aromatic carbocycles. The number of benzene rings is 3. The van der Waals surface area contributed by atoms with E-state index in [9.17, 15) is 10.2 Å². The number of nitrogens with two attached hydrogens (primary N) is 1. The Bertz CT molecular complexity index is 1240. The van der Waals surface area contributed by atoms with Gasteiger partial charge >= 0.3 is 0 Å². The van der Waals surface area contributed by atoms with Crippen LogP contribution in [0.2, 0.25) is 0 Å². The molecule has 0 spiro atoms. The van der Waals surface area contributed by atoms with Crippen molar-refractivity contribution in [1.82, 2.24) is 0 Å². The number of aromatic hydroxyl groups is 2. The van der Waals surface area contributed by atoms with Gasteiger partial charge in [-0.25, -0.2) is 0 Å². The van der Waals surface area contributed by atoms with Crippen LogP contribution in [0.15, 0.2) is 48.5 Å². The summed E-state index contributed by atoms with van der Waals surface area (Å²) in [5.41, 5.74) is 12.7. The highest BCUT2D eigenvalue weighted by Gasteiger charge is 2.33. The first-order valence-electron chi connectivity index (χ1n) is 13.7. The maximum atomic E-state index is 11.9. The Kier molecular flexibility index (Phi) is 7.53. The molecule has 0 saturated heterocycles. The summed E-state index contributed by atoms with van der Waals surface area (Å²) in [7, 11) is 0. The molecule has 0 radical (unpaired) electrons. The van der Waals surface area contributed by atoms with Crippen LogP contribution in [-0.2, 0) is 21.7 Å². The average Bonchev–Trinajstić information content (AvgIpc) is 2.73. The van der Waals surface area contributed by atoms with E-state index in [-0.39, 0.29) is 33.2 Å². The summed E-state index contributed by atoms with van der Waals surface area (Å²) >= 11 is 0. The molecule has 0 unspecified atom stereocenters. The number of hydrogen-bond acceptors (Lipinski definition) is 3. The lowest BCUT2D eigenvalue weighted by molar-refractivity contribution is 0.429. The van der Waals surface area contributed by atoms with Crippen LogP contribution in [0.4, 0.5) is 5.69 Å². The van der Waals surface area contributed by atoms with Crippen LogP contribution in [0.5, 0.6) is 11.5 Å². The predicted octanol–water partition coefficient (Wildman–Crippen LogP) is 9.05. The quantitative estimate of drug-likeness (QED) is 0.241. The molecule has 3 aromatic rings. The summed E-state index contributed by atoms with van der Waals surface area (Å²) < 4.78 is 0. The van der Waals surface area contributed by atoms with E-state index in [1.165, 1.54) is 0 Å². The van der Waals surface area contributed by atoms with Crippen LogP contribution in [-0.4, -0.2) is 10.2 Å². The number of anilines is 1. The molecule has 0 bridgehead atoms. The predicted molar refractivity (Wildman–Crippen MR) is 163 cm³/mol. The van der Waals surface area contributed by atoms with Crippen molar-refractivity contribution in [1.29, 1.82) is 0 Å². The van der Waals surface area contributed by atoms with Gasteiger partial charge in [-0.3, -0.25) is 0 Å². The molecule has 0 heterocycles. The Hall–Kier alpha value is -2.94. The highest BCUT2D eigenvalue weighted by molar-refractivity contribution is 5.62. The van der Waals surface area contributed by atoms with Crippen LogP contribution in [0, 0.1) is 0 Å². The molecule has 0 amide bonds. The van der Waals surface area contributed by atoms with Crippen molar-refractivity contribution in [2.45, 2.75) is 111 Å². The van der Waals surface area contributed by atoms with Gasteiger partial charge in [0.25, 0.3) is 0 Å². The molecule has 3 nitrogen and oxygen atoms in total. The number of phenolic OH excluding ortho intramolecular Hbond substituents is 2. The maximum Gasteiger partial charge on any atom is 0.123 e. The Morgan fingerprint density at radius 2 is 0.947 bits per heavy atom. The summed E-state index contributed by atoms with van der Waals surface area (Å²) in [4.78, 5) is 0. The van der Waals surface area contributed by atoms with Gasteiger partial charge in [-0.15, -0.1) is 0 Å². The smallest absolute Gasteiger partial charge is 0.123 e. The van der Waals surface area contributed by atoms with Gasteiger partial charge in [-0.1, -0.05) is 119 Å². The van der Waals surface area contributed by atoms with Crippen molar-refractivity contribution >= 4 is 5.69 Å². The monoisotopic (exact) mass is 515 g/mol. The molecule has 0 aliphatic carbocycles. The van der Waals surface area contributed by atoms with Gasteiger partial charge in [0.05, 0.1) is 0 Å². The lowest BCUT2D eigenvalue weighted by Gasteiger charge is -2.32. The molecule has 3 rings (SSSR count). The third-order valence-corrected chi connectivity index (χ3v) is 7.49. The largest absolute Gasteiger partial charge is 0.507 e. The fourth-order valence-electron chi connectivity index (χ4n) is 5.03. The highest BCUT2D eigenvalue weighted by atomic mass is 16.3. The first-order valence-corrected chi connectivity index (χ1v) is 13.7. The zero-order chi connectivity index (χ0) is 29.0. The third-order valence-electron chi connectivity index (χ3n) is 7.49. The normalized spacial score (nSPS) is 13.3. The van der Waals surface area contributed by atoms with Crippen LogP contribution < -0.4 is 5.73 Å². The zero-order valence-corrected chi connectivity index (χ0v) is 25.7. The molecule has 0 saturated carbocycles. The molecule has 0 atom stereocenters. The fourth-order valence-corrected chi connectivity index (χ4v) is 5.03. The van der Waals surface area contributed by atoms with E-state index in [1.807, 2.05) is 24.3 Å². The second kappa shape index (κ2) is 9.67. The molecule has 206 valence electrons. The summed E-state index contributed by atoms with van der Waals surface area (Å²) in [6.07, 6.45) is 0. The topological polar surface area (TPSA) is 66.5 Å². The first-order chi connectivity index (χ1) is 17.1. The average molecular weight is 516 g/mol. The number of phenols is 2. The van der Waals surface area contributed by atoms with Crippen molar-refractivity contribution in [3.63, 3.8) is 0 Å². The lowest BCUT2D eigenvalue weighted by Crippen LogP contribution is -2.20. The second-order valence-corrected chi connectivity index (χ2v) is 15.0. The van der Waals surface area contributed by atoms with E-state index >= 15 is 0 Å². The number of nitrogen functional groups attached to an aromatic ring is 1.